The van der Waals surface area contributed by atoms with Gasteiger partial charge in [-0.2, -0.15) is 0 Å². The van der Waals surface area contributed by atoms with Gasteiger partial charge in [0.05, 0.1) is 0 Å². The van der Waals surface area contributed by atoms with Gasteiger partial charge < -0.3 is 10.5 Å². The summed E-state index contributed by atoms with van der Waals surface area (Å²) in [5, 5.41) is 0. The van der Waals surface area contributed by atoms with Gasteiger partial charge in [0.25, 0.3) is 0 Å². The smallest absolute Gasteiger partial charge is 0.119 e. The molecule has 82 valence electrons. The molecule has 0 spiro atoms. The van der Waals surface area contributed by atoms with Crippen molar-refractivity contribution in [3.05, 3.63) is 24.3 Å². The van der Waals surface area contributed by atoms with E-state index in [4.69, 9.17) is 10.5 Å². The van der Waals surface area contributed by atoms with Crippen LogP contribution in [0.15, 0.2) is 24.3 Å². The van der Waals surface area contributed by atoms with Crippen molar-refractivity contribution in [1.82, 2.24) is 4.90 Å². The summed E-state index contributed by atoms with van der Waals surface area (Å²) in [6, 6.07) is 7.62. The van der Waals surface area contributed by atoms with Gasteiger partial charge in [0, 0.05) is 18.8 Å². The van der Waals surface area contributed by atoms with Crippen LogP contribution in [0.4, 0.5) is 5.69 Å². The Morgan fingerprint density at radius 2 is 2.13 bits per heavy atom. The lowest BCUT2D eigenvalue weighted by Gasteiger charge is -2.15. The fraction of sp³-hybridized carbons (Fsp3) is 0.500. The first-order chi connectivity index (χ1) is 7.28. The molecule has 0 aromatic heterocycles. The van der Waals surface area contributed by atoms with E-state index in [-0.39, 0.29) is 0 Å². The van der Waals surface area contributed by atoms with E-state index in [0.717, 1.165) is 37.5 Å². The minimum Gasteiger partial charge on any atom is -0.489 e. The average molecular weight is 206 g/mol. The van der Waals surface area contributed by atoms with Crippen molar-refractivity contribution in [3.8, 4) is 5.75 Å². The Morgan fingerprint density at radius 3 is 2.73 bits per heavy atom. The van der Waals surface area contributed by atoms with Crippen LogP contribution in [-0.4, -0.2) is 30.6 Å². The summed E-state index contributed by atoms with van der Waals surface area (Å²) in [5.74, 6) is 0.923. The number of nitrogens with zero attached hydrogens (tertiary/aromatic N) is 1. The van der Waals surface area contributed by atoms with Gasteiger partial charge in [0.15, 0.2) is 0 Å². The van der Waals surface area contributed by atoms with Crippen LogP contribution in [0.5, 0.6) is 5.75 Å². The second-order valence-corrected chi connectivity index (χ2v) is 3.99. The molecule has 15 heavy (non-hydrogen) atoms. The first kappa shape index (κ1) is 10.3. The zero-order chi connectivity index (χ0) is 10.7. The highest BCUT2D eigenvalue weighted by Crippen LogP contribution is 2.19. The summed E-state index contributed by atoms with van der Waals surface area (Å²) >= 11 is 0. The Kier molecular flexibility index (Phi) is 3.11. The van der Waals surface area contributed by atoms with Crippen molar-refractivity contribution in [1.29, 1.82) is 0 Å². The molecule has 0 saturated carbocycles. The molecule has 3 nitrogen and oxygen atoms in total. The average Bonchev–Trinajstić information content (AvgIpc) is 2.69. The molecule has 1 aromatic carbocycles. The number of nitrogens with two attached hydrogens (primary N) is 1. The number of benzene rings is 1. The van der Waals surface area contributed by atoms with Crippen molar-refractivity contribution in [3.63, 3.8) is 0 Å². The molecule has 2 N–H and O–H groups in total. The van der Waals surface area contributed by atoms with Crippen molar-refractivity contribution < 1.29 is 4.74 Å². The maximum absolute atomic E-state index is 5.87. The molecule has 1 aromatic rings. The van der Waals surface area contributed by atoms with E-state index in [1.165, 1.54) is 0 Å². The Bertz CT molecular complexity index is 310. The molecule has 0 unspecified atom stereocenters. The van der Waals surface area contributed by atoms with Gasteiger partial charge in [0.1, 0.15) is 11.9 Å². The zero-order valence-electron chi connectivity index (χ0n) is 9.15. The zero-order valence-corrected chi connectivity index (χ0v) is 9.15. The predicted molar refractivity (Wildman–Crippen MR) is 62.0 cm³/mol. The first-order valence-corrected chi connectivity index (χ1v) is 5.52. The Hall–Kier alpha value is -1.22. The van der Waals surface area contributed by atoms with Gasteiger partial charge in [-0.25, -0.2) is 0 Å². The Balaban J connectivity index is 1.90. The summed E-state index contributed by atoms with van der Waals surface area (Å²) in [4.78, 5) is 2.40. The van der Waals surface area contributed by atoms with E-state index in [2.05, 4.69) is 11.8 Å². The molecular weight excluding hydrogens is 188 g/mol. The molecule has 1 saturated heterocycles. The highest BCUT2D eigenvalue weighted by molar-refractivity contribution is 5.41. The number of nitrogen functional groups attached to an aromatic ring is 1. The molecule has 3 heteroatoms. The predicted octanol–water partition coefficient (Wildman–Crippen LogP) is 1.74. The van der Waals surface area contributed by atoms with Crippen LogP contribution >= 0.6 is 0 Å². The fourth-order valence-electron chi connectivity index (χ4n) is 1.92. The minimum atomic E-state index is 0.341. The number of ether oxygens (including phenoxy) is 1. The molecule has 0 aliphatic carbocycles. The molecule has 0 amide bonds. The lowest BCUT2D eigenvalue weighted by molar-refractivity contribution is 0.202. The van der Waals surface area contributed by atoms with E-state index >= 15 is 0 Å². The number of anilines is 1. The van der Waals surface area contributed by atoms with Crippen molar-refractivity contribution >= 4 is 5.69 Å². The van der Waals surface area contributed by atoms with E-state index in [0.29, 0.717) is 6.10 Å². The topological polar surface area (TPSA) is 38.5 Å². The van der Waals surface area contributed by atoms with Crippen LogP contribution in [0.3, 0.4) is 0 Å². The third-order valence-electron chi connectivity index (χ3n) is 2.86. The van der Waals surface area contributed by atoms with Crippen LogP contribution in [0.25, 0.3) is 0 Å². The lowest BCUT2D eigenvalue weighted by atomic mass is 10.3. The van der Waals surface area contributed by atoms with E-state index < -0.39 is 0 Å². The van der Waals surface area contributed by atoms with Crippen LogP contribution < -0.4 is 10.5 Å². The normalized spacial score (nSPS) is 21.8. The van der Waals surface area contributed by atoms with E-state index in [1.807, 2.05) is 24.3 Å². The molecule has 0 bridgehead atoms. The number of rotatable bonds is 3. The summed E-state index contributed by atoms with van der Waals surface area (Å²) in [6.07, 6.45) is 1.46. The Labute approximate surface area is 90.8 Å². The second kappa shape index (κ2) is 4.53. The monoisotopic (exact) mass is 206 g/mol. The molecule has 1 heterocycles. The quantitative estimate of drug-likeness (QED) is 0.766. The maximum atomic E-state index is 5.87. The van der Waals surface area contributed by atoms with Crippen molar-refractivity contribution in [2.75, 3.05) is 25.4 Å². The van der Waals surface area contributed by atoms with Gasteiger partial charge in [-0.1, -0.05) is 6.92 Å². The van der Waals surface area contributed by atoms with Crippen LogP contribution in [0.1, 0.15) is 13.3 Å². The van der Waals surface area contributed by atoms with Gasteiger partial charge in [-0.05, 0) is 37.2 Å². The van der Waals surface area contributed by atoms with Crippen LogP contribution in [-0.2, 0) is 0 Å². The molecule has 1 aliphatic rings. The molecule has 1 fully saturated rings. The van der Waals surface area contributed by atoms with Gasteiger partial charge in [-0.3, -0.25) is 4.90 Å². The third-order valence-corrected chi connectivity index (χ3v) is 2.86. The van der Waals surface area contributed by atoms with Crippen molar-refractivity contribution in [2.24, 2.45) is 0 Å². The minimum absolute atomic E-state index is 0.341. The Morgan fingerprint density at radius 1 is 1.40 bits per heavy atom. The number of hydrogen-bond acceptors (Lipinski definition) is 3. The standard InChI is InChI=1S/C12H18N2O/c1-2-14-8-7-12(9-14)15-11-5-3-10(13)4-6-11/h3-6,12H,2,7-9,13H2,1H3/t12-/m1/s1. The number of likely N-dealkylation sites (tertiary alicyclic amines) is 1. The van der Waals surface area contributed by atoms with Gasteiger partial charge in [-0.15, -0.1) is 0 Å². The van der Waals surface area contributed by atoms with Crippen molar-refractivity contribution in [2.45, 2.75) is 19.4 Å². The SMILES string of the molecule is CCN1CC[C@@H](Oc2ccc(N)cc2)C1. The van der Waals surface area contributed by atoms with E-state index in [1.54, 1.807) is 0 Å². The van der Waals surface area contributed by atoms with Gasteiger partial charge >= 0.3 is 0 Å². The highest BCUT2D eigenvalue weighted by Gasteiger charge is 2.22. The summed E-state index contributed by atoms with van der Waals surface area (Å²) in [6.45, 7) is 5.49. The third kappa shape index (κ3) is 2.63. The number of likely N-dealkylation sites (N-methyl/N-ethyl adjacent to an activating group) is 1. The van der Waals surface area contributed by atoms with Crippen LogP contribution in [0, 0.1) is 0 Å². The first-order valence-electron chi connectivity index (χ1n) is 5.52. The van der Waals surface area contributed by atoms with Gasteiger partial charge in [0.2, 0.25) is 0 Å². The molecule has 2 rings (SSSR count). The summed E-state index contributed by atoms with van der Waals surface area (Å²) in [5.41, 5.74) is 6.40. The summed E-state index contributed by atoms with van der Waals surface area (Å²) < 4.78 is 5.87. The molecule has 1 atom stereocenters. The highest BCUT2D eigenvalue weighted by atomic mass is 16.5. The van der Waals surface area contributed by atoms with Crippen LogP contribution in [0.2, 0.25) is 0 Å². The maximum Gasteiger partial charge on any atom is 0.119 e. The largest absolute Gasteiger partial charge is 0.489 e. The lowest BCUT2D eigenvalue weighted by Crippen LogP contribution is -2.24. The molecule has 0 radical (unpaired) electrons. The molecular formula is C12H18N2O. The fourth-order valence-corrected chi connectivity index (χ4v) is 1.92. The number of hydrogen-bond donors (Lipinski definition) is 1. The summed E-state index contributed by atoms with van der Waals surface area (Å²) in [7, 11) is 0. The van der Waals surface area contributed by atoms with E-state index in [9.17, 15) is 0 Å². The second-order valence-electron chi connectivity index (χ2n) is 3.99. The molecule has 1 aliphatic heterocycles.